The van der Waals surface area contributed by atoms with Crippen LogP contribution in [-0.2, 0) is 19.4 Å². The van der Waals surface area contributed by atoms with Gasteiger partial charge >= 0.3 is 0 Å². The predicted octanol–water partition coefficient (Wildman–Crippen LogP) is 1.57. The number of fused-ring (bicyclic) bond motifs is 1. The average molecular weight is 204 g/mol. The van der Waals surface area contributed by atoms with Crippen LogP contribution in [0, 0.1) is 0 Å². The molecular formula is C13H20N2. The van der Waals surface area contributed by atoms with Gasteiger partial charge in [-0.1, -0.05) is 25.1 Å². The van der Waals surface area contributed by atoms with E-state index in [2.05, 4.69) is 30.0 Å². The third-order valence-corrected chi connectivity index (χ3v) is 3.24. The van der Waals surface area contributed by atoms with Gasteiger partial charge in [-0.25, -0.2) is 0 Å². The fraction of sp³-hybridized carbons (Fsp3) is 0.538. The van der Waals surface area contributed by atoms with E-state index >= 15 is 0 Å². The molecule has 0 saturated carbocycles. The number of nitrogens with zero attached hydrogens (tertiary/aromatic N) is 1. The van der Waals surface area contributed by atoms with Gasteiger partial charge in [0.2, 0.25) is 0 Å². The summed E-state index contributed by atoms with van der Waals surface area (Å²) in [4.78, 5) is 2.49. The minimum absolute atomic E-state index is 0.750. The Morgan fingerprint density at radius 1 is 1.33 bits per heavy atom. The second-order valence-electron chi connectivity index (χ2n) is 4.26. The standard InChI is InChI=1S/C13H20N2/c1-2-15-8-6-12-9-11(5-7-14)3-4-13(12)10-15/h3-4,9H,2,5-8,10,14H2,1H3. The molecule has 0 bridgehead atoms. The Kier molecular flexibility index (Phi) is 3.39. The molecule has 0 atom stereocenters. The van der Waals surface area contributed by atoms with Crippen molar-refractivity contribution in [2.45, 2.75) is 26.3 Å². The molecule has 1 aliphatic heterocycles. The molecule has 2 heteroatoms. The van der Waals surface area contributed by atoms with Crippen molar-refractivity contribution in [3.63, 3.8) is 0 Å². The van der Waals surface area contributed by atoms with Crippen LogP contribution in [0.25, 0.3) is 0 Å². The Labute approximate surface area is 92.1 Å². The van der Waals surface area contributed by atoms with Crippen molar-refractivity contribution in [2.24, 2.45) is 5.73 Å². The molecule has 0 radical (unpaired) electrons. The molecule has 0 aliphatic carbocycles. The lowest BCUT2D eigenvalue weighted by Crippen LogP contribution is -2.30. The van der Waals surface area contributed by atoms with E-state index in [4.69, 9.17) is 5.73 Å². The fourth-order valence-corrected chi connectivity index (χ4v) is 2.26. The van der Waals surface area contributed by atoms with E-state index in [1.54, 1.807) is 0 Å². The average Bonchev–Trinajstić information content (AvgIpc) is 2.29. The lowest BCUT2D eigenvalue weighted by molar-refractivity contribution is 0.268. The fourth-order valence-electron chi connectivity index (χ4n) is 2.26. The first kappa shape index (κ1) is 10.7. The molecule has 0 spiro atoms. The number of benzene rings is 1. The highest BCUT2D eigenvalue weighted by atomic mass is 15.1. The number of nitrogens with two attached hydrogens (primary N) is 1. The van der Waals surface area contributed by atoms with Gasteiger partial charge in [0.15, 0.2) is 0 Å². The van der Waals surface area contributed by atoms with E-state index in [1.165, 1.54) is 29.7 Å². The summed E-state index contributed by atoms with van der Waals surface area (Å²) in [5.74, 6) is 0. The van der Waals surface area contributed by atoms with Crippen LogP contribution in [0.2, 0.25) is 0 Å². The van der Waals surface area contributed by atoms with Crippen LogP contribution < -0.4 is 5.73 Å². The Balaban J connectivity index is 2.17. The summed E-state index contributed by atoms with van der Waals surface area (Å²) in [5, 5.41) is 0. The van der Waals surface area contributed by atoms with Crippen molar-refractivity contribution >= 4 is 0 Å². The van der Waals surface area contributed by atoms with Crippen LogP contribution >= 0.6 is 0 Å². The molecule has 0 aromatic heterocycles. The molecule has 1 aliphatic rings. The normalized spacial score (nSPS) is 16.4. The Morgan fingerprint density at radius 2 is 2.20 bits per heavy atom. The number of likely N-dealkylation sites (N-methyl/N-ethyl adjacent to an activating group) is 1. The van der Waals surface area contributed by atoms with Gasteiger partial charge in [0, 0.05) is 13.1 Å². The van der Waals surface area contributed by atoms with E-state index in [9.17, 15) is 0 Å². The van der Waals surface area contributed by atoms with Crippen LogP contribution in [0.5, 0.6) is 0 Å². The Hall–Kier alpha value is -0.860. The van der Waals surface area contributed by atoms with Gasteiger partial charge in [-0.3, -0.25) is 4.90 Å². The van der Waals surface area contributed by atoms with Crippen molar-refractivity contribution in [1.82, 2.24) is 4.90 Å². The van der Waals surface area contributed by atoms with E-state index in [0.29, 0.717) is 0 Å². The van der Waals surface area contributed by atoms with Gasteiger partial charge in [-0.05, 0) is 42.6 Å². The number of hydrogen-bond acceptors (Lipinski definition) is 2. The molecule has 0 saturated heterocycles. The van der Waals surface area contributed by atoms with E-state index in [1.807, 2.05) is 0 Å². The molecule has 15 heavy (non-hydrogen) atoms. The van der Waals surface area contributed by atoms with Crippen LogP contribution in [0.15, 0.2) is 18.2 Å². The summed E-state index contributed by atoms with van der Waals surface area (Å²) in [6.45, 7) is 6.46. The summed E-state index contributed by atoms with van der Waals surface area (Å²) in [6, 6.07) is 6.85. The first-order chi connectivity index (χ1) is 7.33. The molecule has 1 aromatic rings. The van der Waals surface area contributed by atoms with Crippen LogP contribution in [0.1, 0.15) is 23.6 Å². The largest absolute Gasteiger partial charge is 0.330 e. The molecule has 0 amide bonds. The minimum Gasteiger partial charge on any atom is -0.330 e. The van der Waals surface area contributed by atoms with Crippen molar-refractivity contribution in [3.05, 3.63) is 34.9 Å². The number of hydrogen-bond donors (Lipinski definition) is 1. The molecule has 1 aromatic carbocycles. The minimum atomic E-state index is 0.750. The molecule has 2 N–H and O–H groups in total. The summed E-state index contributed by atoms with van der Waals surface area (Å²) in [7, 11) is 0. The maximum Gasteiger partial charge on any atom is 0.0236 e. The predicted molar refractivity (Wildman–Crippen MR) is 63.9 cm³/mol. The van der Waals surface area contributed by atoms with Gasteiger partial charge in [-0.2, -0.15) is 0 Å². The Bertz CT molecular complexity index is 333. The van der Waals surface area contributed by atoms with E-state index in [-0.39, 0.29) is 0 Å². The summed E-state index contributed by atoms with van der Waals surface area (Å²) in [5.41, 5.74) is 10.00. The smallest absolute Gasteiger partial charge is 0.0236 e. The quantitative estimate of drug-likeness (QED) is 0.809. The highest BCUT2D eigenvalue weighted by Gasteiger charge is 2.14. The highest BCUT2D eigenvalue weighted by molar-refractivity contribution is 5.34. The Morgan fingerprint density at radius 3 is 2.93 bits per heavy atom. The lowest BCUT2D eigenvalue weighted by atomic mass is 9.96. The third kappa shape index (κ3) is 2.39. The van der Waals surface area contributed by atoms with Gasteiger partial charge in [0.25, 0.3) is 0 Å². The van der Waals surface area contributed by atoms with Crippen LogP contribution in [0.4, 0.5) is 0 Å². The third-order valence-electron chi connectivity index (χ3n) is 3.24. The molecule has 2 nitrogen and oxygen atoms in total. The van der Waals surface area contributed by atoms with Gasteiger partial charge in [0.1, 0.15) is 0 Å². The molecular weight excluding hydrogens is 184 g/mol. The van der Waals surface area contributed by atoms with Crippen molar-refractivity contribution in [1.29, 1.82) is 0 Å². The van der Waals surface area contributed by atoms with Gasteiger partial charge < -0.3 is 5.73 Å². The van der Waals surface area contributed by atoms with E-state index in [0.717, 1.165) is 26.1 Å². The maximum atomic E-state index is 5.57. The maximum absolute atomic E-state index is 5.57. The summed E-state index contributed by atoms with van der Waals surface area (Å²) >= 11 is 0. The van der Waals surface area contributed by atoms with Crippen molar-refractivity contribution in [3.8, 4) is 0 Å². The SMILES string of the molecule is CCN1CCc2cc(CCN)ccc2C1. The molecule has 1 heterocycles. The van der Waals surface area contributed by atoms with Gasteiger partial charge in [-0.15, -0.1) is 0 Å². The van der Waals surface area contributed by atoms with Crippen LogP contribution in [-0.4, -0.2) is 24.5 Å². The zero-order valence-electron chi connectivity index (χ0n) is 9.50. The molecule has 82 valence electrons. The second-order valence-corrected chi connectivity index (χ2v) is 4.26. The molecule has 2 rings (SSSR count). The topological polar surface area (TPSA) is 29.3 Å². The monoisotopic (exact) mass is 204 g/mol. The zero-order valence-corrected chi connectivity index (χ0v) is 9.50. The van der Waals surface area contributed by atoms with Gasteiger partial charge in [0.05, 0.1) is 0 Å². The van der Waals surface area contributed by atoms with E-state index < -0.39 is 0 Å². The summed E-state index contributed by atoms with van der Waals surface area (Å²) in [6.07, 6.45) is 2.20. The second kappa shape index (κ2) is 4.77. The zero-order chi connectivity index (χ0) is 10.7. The first-order valence-corrected chi connectivity index (χ1v) is 5.86. The first-order valence-electron chi connectivity index (χ1n) is 5.86. The van der Waals surface area contributed by atoms with Crippen LogP contribution in [0.3, 0.4) is 0 Å². The van der Waals surface area contributed by atoms with Crippen molar-refractivity contribution < 1.29 is 0 Å². The molecule has 0 unspecified atom stereocenters. The number of rotatable bonds is 3. The summed E-state index contributed by atoms with van der Waals surface area (Å²) < 4.78 is 0. The molecule has 0 fully saturated rings. The van der Waals surface area contributed by atoms with Crippen molar-refractivity contribution in [2.75, 3.05) is 19.6 Å². The highest BCUT2D eigenvalue weighted by Crippen LogP contribution is 2.20. The lowest BCUT2D eigenvalue weighted by Gasteiger charge is -2.27.